The van der Waals surface area contributed by atoms with Crippen LogP contribution in [0.2, 0.25) is 0 Å². The molecule has 1 atom stereocenters. The van der Waals surface area contributed by atoms with Crippen LogP contribution in [0.5, 0.6) is 0 Å². The number of ether oxygens (including phenoxy) is 1. The average Bonchev–Trinajstić information content (AvgIpc) is 3.06. The molecule has 1 aromatic carbocycles. The number of benzene rings is 1. The van der Waals surface area contributed by atoms with Gasteiger partial charge in [0.2, 0.25) is 5.91 Å². The van der Waals surface area contributed by atoms with E-state index in [4.69, 9.17) is 4.74 Å². The first-order chi connectivity index (χ1) is 13.0. The quantitative estimate of drug-likeness (QED) is 0.701. The number of carbonyl (C=O) groups is 4. The molecule has 0 aliphatic carbocycles. The molecule has 8 heteroatoms. The van der Waals surface area contributed by atoms with E-state index < -0.39 is 30.4 Å². The van der Waals surface area contributed by atoms with Gasteiger partial charge in [0.15, 0.2) is 6.61 Å². The van der Waals surface area contributed by atoms with Gasteiger partial charge in [-0.05, 0) is 24.5 Å². The molecular formula is C19H25N3O5. The minimum Gasteiger partial charge on any atom is -0.455 e. The summed E-state index contributed by atoms with van der Waals surface area (Å²) in [4.78, 5) is 49.1. The molecule has 27 heavy (non-hydrogen) atoms. The van der Waals surface area contributed by atoms with E-state index in [1.807, 2.05) is 38.1 Å². The first kappa shape index (κ1) is 20.4. The number of hydrogen-bond acceptors (Lipinski definition) is 5. The molecule has 1 fully saturated rings. The van der Waals surface area contributed by atoms with Crippen molar-refractivity contribution in [2.75, 3.05) is 24.6 Å². The van der Waals surface area contributed by atoms with E-state index in [0.29, 0.717) is 6.54 Å². The second-order valence-electron chi connectivity index (χ2n) is 6.30. The Morgan fingerprint density at radius 1 is 1.22 bits per heavy atom. The number of esters is 1. The Kier molecular flexibility index (Phi) is 7.34. The van der Waals surface area contributed by atoms with Crippen LogP contribution < -0.4 is 15.5 Å². The van der Waals surface area contributed by atoms with Crippen LogP contribution in [-0.2, 0) is 25.5 Å². The lowest BCUT2D eigenvalue weighted by Crippen LogP contribution is -2.42. The Morgan fingerprint density at radius 2 is 1.96 bits per heavy atom. The topological polar surface area (TPSA) is 105 Å². The van der Waals surface area contributed by atoms with Crippen molar-refractivity contribution in [2.24, 2.45) is 5.92 Å². The van der Waals surface area contributed by atoms with E-state index in [9.17, 15) is 19.2 Å². The summed E-state index contributed by atoms with van der Waals surface area (Å²) in [6.07, 6.45) is 1.55. The second kappa shape index (κ2) is 9.70. The van der Waals surface area contributed by atoms with E-state index in [1.54, 1.807) is 4.90 Å². The van der Waals surface area contributed by atoms with Crippen LogP contribution in [0.1, 0.15) is 32.3 Å². The second-order valence-corrected chi connectivity index (χ2v) is 6.30. The highest BCUT2D eigenvalue weighted by Crippen LogP contribution is 2.28. The molecule has 1 aliphatic heterocycles. The van der Waals surface area contributed by atoms with Gasteiger partial charge in [-0.1, -0.05) is 32.0 Å². The highest BCUT2D eigenvalue weighted by atomic mass is 16.5. The largest absolute Gasteiger partial charge is 0.455 e. The van der Waals surface area contributed by atoms with E-state index >= 15 is 0 Å². The van der Waals surface area contributed by atoms with Crippen molar-refractivity contribution in [3.05, 3.63) is 29.8 Å². The number of rotatable bonds is 7. The van der Waals surface area contributed by atoms with Crippen molar-refractivity contribution in [1.82, 2.24) is 10.6 Å². The first-order valence-electron chi connectivity index (χ1n) is 9.08. The SMILES string of the molecule is CCCNC(=O)NC(=O)COC(=O)[C@H]1CC(=O)N(c2ccccc2CC)C1. The Labute approximate surface area is 158 Å². The van der Waals surface area contributed by atoms with E-state index in [1.165, 1.54) is 0 Å². The predicted molar refractivity (Wildman–Crippen MR) is 99.1 cm³/mol. The summed E-state index contributed by atoms with van der Waals surface area (Å²) in [6, 6.07) is 6.93. The molecule has 1 aromatic rings. The van der Waals surface area contributed by atoms with Crippen LogP contribution in [-0.4, -0.2) is 43.5 Å². The first-order valence-corrected chi connectivity index (χ1v) is 9.08. The smallest absolute Gasteiger partial charge is 0.321 e. The summed E-state index contributed by atoms with van der Waals surface area (Å²) in [6.45, 7) is 3.98. The van der Waals surface area contributed by atoms with Crippen LogP contribution in [0.25, 0.3) is 0 Å². The number of amides is 4. The van der Waals surface area contributed by atoms with Crippen LogP contribution in [0.15, 0.2) is 24.3 Å². The van der Waals surface area contributed by atoms with Crippen LogP contribution in [0.4, 0.5) is 10.5 Å². The fourth-order valence-corrected chi connectivity index (χ4v) is 2.87. The molecule has 2 N–H and O–H groups in total. The number of imide groups is 1. The molecule has 0 bridgehead atoms. The Hall–Kier alpha value is -2.90. The maximum absolute atomic E-state index is 12.3. The van der Waals surface area contributed by atoms with Gasteiger partial charge < -0.3 is 15.0 Å². The van der Waals surface area contributed by atoms with Crippen LogP contribution >= 0.6 is 0 Å². The third-order valence-corrected chi connectivity index (χ3v) is 4.26. The molecule has 0 aromatic heterocycles. The number of aryl methyl sites for hydroxylation is 1. The lowest BCUT2D eigenvalue weighted by Gasteiger charge is -2.19. The van der Waals surface area contributed by atoms with Crippen molar-refractivity contribution in [1.29, 1.82) is 0 Å². The zero-order chi connectivity index (χ0) is 19.8. The summed E-state index contributed by atoms with van der Waals surface area (Å²) in [5, 5.41) is 4.56. The molecule has 8 nitrogen and oxygen atoms in total. The van der Waals surface area contributed by atoms with E-state index in [0.717, 1.165) is 24.1 Å². The summed E-state index contributed by atoms with van der Waals surface area (Å²) in [7, 11) is 0. The zero-order valence-corrected chi connectivity index (χ0v) is 15.6. The molecule has 1 aliphatic rings. The van der Waals surface area contributed by atoms with Gasteiger partial charge in [0.1, 0.15) is 0 Å². The van der Waals surface area contributed by atoms with Gasteiger partial charge in [-0.3, -0.25) is 19.7 Å². The Morgan fingerprint density at radius 3 is 2.67 bits per heavy atom. The van der Waals surface area contributed by atoms with Crippen molar-refractivity contribution < 1.29 is 23.9 Å². The number of hydrogen-bond donors (Lipinski definition) is 2. The molecular weight excluding hydrogens is 350 g/mol. The monoisotopic (exact) mass is 375 g/mol. The van der Waals surface area contributed by atoms with Crippen molar-refractivity contribution >= 4 is 29.5 Å². The predicted octanol–water partition coefficient (Wildman–Crippen LogP) is 1.38. The molecule has 0 radical (unpaired) electrons. The summed E-state index contributed by atoms with van der Waals surface area (Å²) in [5.41, 5.74) is 1.82. The van der Waals surface area contributed by atoms with Gasteiger partial charge in [0.25, 0.3) is 5.91 Å². The van der Waals surface area contributed by atoms with Crippen molar-refractivity contribution in [3.63, 3.8) is 0 Å². The van der Waals surface area contributed by atoms with Gasteiger partial charge in [-0.2, -0.15) is 0 Å². The number of anilines is 1. The number of nitrogens with zero attached hydrogens (tertiary/aromatic N) is 1. The molecule has 2 rings (SSSR count). The van der Waals surface area contributed by atoms with Crippen LogP contribution in [0, 0.1) is 5.92 Å². The van der Waals surface area contributed by atoms with Gasteiger partial charge >= 0.3 is 12.0 Å². The molecule has 0 unspecified atom stereocenters. The lowest BCUT2D eigenvalue weighted by molar-refractivity contribution is -0.152. The fraction of sp³-hybridized carbons (Fsp3) is 0.474. The van der Waals surface area contributed by atoms with E-state index in [2.05, 4.69) is 10.6 Å². The van der Waals surface area contributed by atoms with Gasteiger partial charge in [0.05, 0.1) is 5.92 Å². The summed E-state index contributed by atoms with van der Waals surface area (Å²) >= 11 is 0. The van der Waals surface area contributed by atoms with Gasteiger partial charge in [0, 0.05) is 25.2 Å². The summed E-state index contributed by atoms with van der Waals surface area (Å²) in [5.74, 6) is -2.12. The third kappa shape index (κ3) is 5.54. The molecule has 146 valence electrons. The average molecular weight is 375 g/mol. The number of para-hydroxylation sites is 1. The Balaban J connectivity index is 1.87. The molecule has 4 amide bonds. The Bertz CT molecular complexity index is 719. The summed E-state index contributed by atoms with van der Waals surface area (Å²) < 4.78 is 4.97. The van der Waals surface area contributed by atoms with Gasteiger partial charge in [-0.25, -0.2) is 4.79 Å². The highest BCUT2D eigenvalue weighted by Gasteiger charge is 2.37. The minimum absolute atomic E-state index is 0.0372. The maximum atomic E-state index is 12.3. The number of nitrogens with one attached hydrogen (secondary N) is 2. The lowest BCUT2D eigenvalue weighted by atomic mass is 10.1. The molecule has 0 spiro atoms. The number of carbonyl (C=O) groups excluding carboxylic acids is 4. The zero-order valence-electron chi connectivity index (χ0n) is 15.6. The highest BCUT2D eigenvalue weighted by molar-refractivity contribution is 6.00. The van der Waals surface area contributed by atoms with Crippen molar-refractivity contribution in [3.8, 4) is 0 Å². The normalized spacial score (nSPS) is 16.1. The fourth-order valence-electron chi connectivity index (χ4n) is 2.87. The van der Waals surface area contributed by atoms with Gasteiger partial charge in [-0.15, -0.1) is 0 Å². The van der Waals surface area contributed by atoms with Crippen LogP contribution in [0.3, 0.4) is 0 Å². The molecule has 1 heterocycles. The minimum atomic E-state index is -0.713. The molecule has 1 saturated heterocycles. The van der Waals surface area contributed by atoms with Crippen molar-refractivity contribution in [2.45, 2.75) is 33.1 Å². The number of urea groups is 1. The van der Waals surface area contributed by atoms with E-state index in [-0.39, 0.29) is 18.9 Å². The third-order valence-electron chi connectivity index (χ3n) is 4.26. The maximum Gasteiger partial charge on any atom is 0.321 e. The standard InChI is InChI=1S/C19H25N3O5/c1-3-9-20-19(26)21-16(23)12-27-18(25)14-10-17(24)22(11-14)15-8-6-5-7-13(15)4-2/h5-8,14H,3-4,9-12H2,1-2H3,(H2,20,21,23,26)/t14-/m0/s1. The molecule has 0 saturated carbocycles.